The summed E-state index contributed by atoms with van der Waals surface area (Å²) in [6.07, 6.45) is 11.6. The van der Waals surface area contributed by atoms with Gasteiger partial charge < -0.3 is 10.0 Å². The normalized spacial score (nSPS) is 30.8. The van der Waals surface area contributed by atoms with Crippen LogP contribution in [-0.2, 0) is 0 Å². The molecule has 5 heteroatoms. The quantitative estimate of drug-likeness (QED) is 0.884. The molecule has 1 aromatic heterocycles. The molecule has 1 aromatic rings. The van der Waals surface area contributed by atoms with Crippen LogP contribution < -0.4 is 0 Å². The average molecular weight is 357 g/mol. The van der Waals surface area contributed by atoms with Crippen molar-refractivity contribution in [3.8, 4) is 0 Å². The Bertz CT molecular complexity index is 658. The van der Waals surface area contributed by atoms with E-state index in [0.29, 0.717) is 31.1 Å². The number of carbonyl (C=O) groups is 1. The van der Waals surface area contributed by atoms with Crippen molar-refractivity contribution in [2.45, 2.75) is 63.5 Å². The lowest BCUT2D eigenvalue weighted by atomic mass is 9.74. The number of carbonyl (C=O) groups excluding carboxylic acids is 1. The number of piperidine rings is 2. The minimum atomic E-state index is -0.591. The number of pyridine rings is 1. The molecule has 1 amide bonds. The van der Waals surface area contributed by atoms with Crippen LogP contribution in [0.3, 0.4) is 0 Å². The summed E-state index contributed by atoms with van der Waals surface area (Å²) in [5.74, 6) is 0.222. The summed E-state index contributed by atoms with van der Waals surface area (Å²) in [5.41, 5.74) is 1.07. The molecule has 3 heterocycles. The number of aromatic nitrogens is 1. The van der Waals surface area contributed by atoms with Crippen LogP contribution in [0.15, 0.2) is 18.5 Å². The van der Waals surface area contributed by atoms with Crippen LogP contribution >= 0.6 is 0 Å². The minimum Gasteiger partial charge on any atom is -0.389 e. The standard InChI is InChI=1S/C21H31N3O2/c1-16-7-10-22-13-19(16)20(25)24-12-9-21(26)8-11-23(14-17(21)15-24)18-5-3-2-4-6-18/h7,10,13,17-18,26H,2-6,8-9,11-12,14-15H2,1H3/t17-,21-/m0/s1. The fraction of sp³-hybridized carbons (Fsp3) is 0.714. The monoisotopic (exact) mass is 357 g/mol. The molecule has 26 heavy (non-hydrogen) atoms. The molecule has 1 N–H and O–H groups in total. The van der Waals surface area contributed by atoms with Crippen LogP contribution in [0.5, 0.6) is 0 Å². The lowest BCUT2D eigenvalue weighted by Gasteiger charge is -2.52. The second-order valence-corrected chi connectivity index (χ2v) is 8.53. The Balaban J connectivity index is 1.46. The predicted molar refractivity (Wildman–Crippen MR) is 101 cm³/mol. The Labute approximate surface area is 156 Å². The Morgan fingerprint density at radius 1 is 1.19 bits per heavy atom. The molecule has 4 rings (SSSR count). The number of fused-ring (bicyclic) bond motifs is 1. The van der Waals surface area contributed by atoms with Crippen LogP contribution in [0.25, 0.3) is 0 Å². The zero-order valence-corrected chi connectivity index (χ0v) is 15.9. The van der Waals surface area contributed by atoms with Crippen molar-refractivity contribution >= 4 is 5.91 Å². The SMILES string of the molecule is Cc1ccncc1C(=O)N1CC[C@@]2(O)CCN(C3CCCCC3)C[C@H]2C1. The van der Waals surface area contributed by atoms with Gasteiger partial charge in [-0.3, -0.25) is 14.7 Å². The number of aliphatic hydroxyl groups is 1. The lowest BCUT2D eigenvalue weighted by Crippen LogP contribution is -2.62. The number of likely N-dealkylation sites (tertiary alicyclic amines) is 2. The maximum Gasteiger partial charge on any atom is 0.255 e. The van der Waals surface area contributed by atoms with Crippen molar-refractivity contribution in [1.82, 2.24) is 14.8 Å². The Morgan fingerprint density at radius 2 is 1.96 bits per heavy atom. The molecule has 2 saturated heterocycles. The zero-order chi connectivity index (χ0) is 18.1. The lowest BCUT2D eigenvalue weighted by molar-refractivity contribution is -0.115. The van der Waals surface area contributed by atoms with Crippen LogP contribution in [0.4, 0.5) is 0 Å². The van der Waals surface area contributed by atoms with E-state index >= 15 is 0 Å². The molecule has 0 aromatic carbocycles. The molecule has 2 atom stereocenters. The smallest absolute Gasteiger partial charge is 0.255 e. The topological polar surface area (TPSA) is 56.7 Å². The number of nitrogens with zero attached hydrogens (tertiary/aromatic N) is 3. The first-order valence-corrected chi connectivity index (χ1v) is 10.2. The summed E-state index contributed by atoms with van der Waals surface area (Å²) < 4.78 is 0. The van der Waals surface area contributed by atoms with Crippen molar-refractivity contribution in [2.75, 3.05) is 26.2 Å². The molecule has 0 bridgehead atoms. The first kappa shape index (κ1) is 17.9. The van der Waals surface area contributed by atoms with Gasteiger partial charge in [-0.2, -0.15) is 0 Å². The van der Waals surface area contributed by atoms with E-state index in [9.17, 15) is 9.90 Å². The van der Waals surface area contributed by atoms with Crippen molar-refractivity contribution in [1.29, 1.82) is 0 Å². The molecular weight excluding hydrogens is 326 g/mol. The molecule has 0 unspecified atom stereocenters. The summed E-state index contributed by atoms with van der Waals surface area (Å²) in [4.78, 5) is 21.6. The van der Waals surface area contributed by atoms with Crippen molar-refractivity contribution in [3.63, 3.8) is 0 Å². The van der Waals surface area contributed by atoms with Crippen LogP contribution in [0, 0.1) is 12.8 Å². The largest absolute Gasteiger partial charge is 0.389 e. The average Bonchev–Trinajstić information content (AvgIpc) is 2.67. The first-order chi connectivity index (χ1) is 12.6. The van der Waals surface area contributed by atoms with E-state index in [1.54, 1.807) is 12.4 Å². The van der Waals surface area contributed by atoms with Crippen molar-refractivity contribution in [2.24, 2.45) is 5.92 Å². The highest BCUT2D eigenvalue weighted by Gasteiger charge is 2.47. The van der Waals surface area contributed by atoms with E-state index in [0.717, 1.165) is 25.1 Å². The Hall–Kier alpha value is -1.46. The van der Waals surface area contributed by atoms with Gasteiger partial charge in [0.15, 0.2) is 0 Å². The summed E-state index contributed by atoms with van der Waals surface area (Å²) in [6, 6.07) is 2.57. The van der Waals surface area contributed by atoms with E-state index in [1.807, 2.05) is 17.9 Å². The summed E-state index contributed by atoms with van der Waals surface area (Å²) in [6.45, 7) is 5.20. The van der Waals surface area contributed by atoms with Gasteiger partial charge in [0.05, 0.1) is 11.2 Å². The van der Waals surface area contributed by atoms with Gasteiger partial charge in [0.1, 0.15) is 0 Å². The maximum atomic E-state index is 13.0. The number of hydrogen-bond acceptors (Lipinski definition) is 4. The van der Waals surface area contributed by atoms with E-state index < -0.39 is 5.60 Å². The fourth-order valence-electron chi connectivity index (χ4n) is 5.15. The van der Waals surface area contributed by atoms with Gasteiger partial charge in [0.25, 0.3) is 5.91 Å². The number of rotatable bonds is 2. The van der Waals surface area contributed by atoms with Gasteiger partial charge in [-0.15, -0.1) is 0 Å². The zero-order valence-electron chi connectivity index (χ0n) is 15.9. The van der Waals surface area contributed by atoms with Gasteiger partial charge in [-0.25, -0.2) is 0 Å². The highest BCUT2D eigenvalue weighted by atomic mass is 16.3. The molecular formula is C21H31N3O2. The second-order valence-electron chi connectivity index (χ2n) is 8.53. The molecule has 142 valence electrons. The maximum absolute atomic E-state index is 13.0. The minimum absolute atomic E-state index is 0.0624. The van der Waals surface area contributed by atoms with Crippen molar-refractivity contribution < 1.29 is 9.90 Å². The van der Waals surface area contributed by atoms with E-state index in [-0.39, 0.29) is 11.8 Å². The van der Waals surface area contributed by atoms with E-state index in [1.165, 1.54) is 32.1 Å². The number of hydrogen-bond donors (Lipinski definition) is 1. The van der Waals surface area contributed by atoms with Gasteiger partial charge in [-0.05, 0) is 44.2 Å². The van der Waals surface area contributed by atoms with Gasteiger partial charge >= 0.3 is 0 Å². The van der Waals surface area contributed by atoms with Gasteiger partial charge in [-0.1, -0.05) is 19.3 Å². The molecule has 3 aliphatic rings. The first-order valence-electron chi connectivity index (χ1n) is 10.2. The van der Waals surface area contributed by atoms with Crippen LogP contribution in [0.2, 0.25) is 0 Å². The summed E-state index contributed by atoms with van der Waals surface area (Å²) >= 11 is 0. The Kier molecular flexibility index (Phi) is 5.02. The highest BCUT2D eigenvalue weighted by molar-refractivity contribution is 5.95. The molecule has 0 radical (unpaired) electrons. The third-order valence-corrected chi connectivity index (χ3v) is 6.95. The highest BCUT2D eigenvalue weighted by Crippen LogP contribution is 2.38. The molecule has 0 spiro atoms. The van der Waals surface area contributed by atoms with Crippen LogP contribution in [0.1, 0.15) is 60.9 Å². The predicted octanol–water partition coefficient (Wildman–Crippen LogP) is 2.62. The van der Waals surface area contributed by atoms with E-state index in [2.05, 4.69) is 9.88 Å². The molecule has 1 saturated carbocycles. The second kappa shape index (κ2) is 7.28. The third kappa shape index (κ3) is 3.39. The third-order valence-electron chi connectivity index (χ3n) is 6.95. The summed E-state index contributed by atoms with van der Waals surface area (Å²) in [5, 5.41) is 11.2. The molecule has 3 fully saturated rings. The number of amides is 1. The van der Waals surface area contributed by atoms with E-state index in [4.69, 9.17) is 0 Å². The Morgan fingerprint density at radius 3 is 2.73 bits per heavy atom. The van der Waals surface area contributed by atoms with Gasteiger partial charge in [0.2, 0.25) is 0 Å². The number of aryl methyl sites for hydroxylation is 1. The molecule has 5 nitrogen and oxygen atoms in total. The van der Waals surface area contributed by atoms with Crippen molar-refractivity contribution in [3.05, 3.63) is 29.6 Å². The fourth-order valence-corrected chi connectivity index (χ4v) is 5.15. The van der Waals surface area contributed by atoms with Crippen LogP contribution in [-0.4, -0.2) is 63.6 Å². The summed E-state index contributed by atoms with van der Waals surface area (Å²) in [7, 11) is 0. The molecule has 1 aliphatic carbocycles. The molecule has 2 aliphatic heterocycles. The van der Waals surface area contributed by atoms with Gasteiger partial charge in [0, 0.05) is 50.5 Å².